The van der Waals surface area contributed by atoms with Crippen LogP contribution in [0.3, 0.4) is 0 Å². The Morgan fingerprint density at radius 1 is 1.12 bits per heavy atom. The molecule has 2 aromatic heterocycles. The Morgan fingerprint density at radius 3 is 2.59 bits per heavy atom. The lowest BCUT2D eigenvalue weighted by Crippen LogP contribution is -2.23. The second-order valence-corrected chi connectivity index (χ2v) is 7.41. The van der Waals surface area contributed by atoms with E-state index >= 15 is 0 Å². The average Bonchev–Trinajstić information content (AvgIpc) is 3.32. The van der Waals surface area contributed by atoms with Gasteiger partial charge in [-0.15, -0.1) is 0 Å². The molecule has 0 saturated heterocycles. The molecule has 0 bridgehead atoms. The normalized spacial score (nSPS) is 11.4. The number of alkyl halides is 3. The van der Waals surface area contributed by atoms with Crippen LogP contribution in [0.4, 0.5) is 18.9 Å². The summed E-state index contributed by atoms with van der Waals surface area (Å²) in [6.45, 7) is 2.70. The van der Waals surface area contributed by atoms with Crippen molar-refractivity contribution < 1.29 is 27.5 Å². The monoisotopic (exact) mass is 469 g/mol. The van der Waals surface area contributed by atoms with Crippen molar-refractivity contribution >= 4 is 28.5 Å². The molecule has 11 heteroatoms. The average molecular weight is 469 g/mol. The Labute approximate surface area is 191 Å². The minimum Gasteiger partial charge on any atom is -0.452 e. The van der Waals surface area contributed by atoms with Crippen molar-refractivity contribution in [1.82, 2.24) is 19.7 Å². The van der Waals surface area contributed by atoms with E-state index in [1.807, 2.05) is 24.3 Å². The summed E-state index contributed by atoms with van der Waals surface area (Å²) >= 11 is 0. The number of para-hydroxylation sites is 1. The Balaban J connectivity index is 1.54. The van der Waals surface area contributed by atoms with E-state index in [9.17, 15) is 22.8 Å². The molecule has 1 N–H and O–H groups in total. The molecule has 2 heterocycles. The third-order valence-electron chi connectivity index (χ3n) is 5.14. The van der Waals surface area contributed by atoms with Crippen LogP contribution in [-0.4, -0.2) is 38.2 Å². The van der Waals surface area contributed by atoms with Crippen molar-refractivity contribution in [3.05, 3.63) is 77.5 Å². The lowest BCUT2D eigenvalue weighted by Gasteiger charge is -2.15. The first kappa shape index (κ1) is 22.9. The molecule has 0 radical (unpaired) electrons. The molecule has 0 aliphatic carbocycles. The number of aromatic nitrogens is 4. The number of carbonyl (C=O) groups is 2. The number of benzene rings is 2. The van der Waals surface area contributed by atoms with Crippen molar-refractivity contribution in [2.45, 2.75) is 20.0 Å². The number of esters is 1. The number of anilines is 1. The largest absolute Gasteiger partial charge is 0.452 e. The highest BCUT2D eigenvalue weighted by atomic mass is 19.4. The molecular formula is C23H18F3N5O3. The number of halogens is 3. The van der Waals surface area contributed by atoms with Gasteiger partial charge in [0.05, 0.1) is 33.7 Å². The van der Waals surface area contributed by atoms with E-state index in [-0.39, 0.29) is 16.9 Å². The van der Waals surface area contributed by atoms with Gasteiger partial charge in [-0.3, -0.25) is 9.78 Å². The lowest BCUT2D eigenvalue weighted by molar-refractivity contribution is -0.137. The van der Waals surface area contributed by atoms with Gasteiger partial charge in [0.15, 0.2) is 6.61 Å². The fraction of sp³-hybridized carbons (Fsp3) is 0.174. The second-order valence-electron chi connectivity index (χ2n) is 7.41. The van der Waals surface area contributed by atoms with Gasteiger partial charge in [0.1, 0.15) is 12.7 Å². The van der Waals surface area contributed by atoms with Crippen molar-refractivity contribution in [3.63, 3.8) is 0 Å². The van der Waals surface area contributed by atoms with Crippen molar-refractivity contribution in [2.24, 2.45) is 0 Å². The van der Waals surface area contributed by atoms with Crippen LogP contribution in [0, 0.1) is 13.8 Å². The van der Waals surface area contributed by atoms with Crippen LogP contribution in [-0.2, 0) is 15.7 Å². The van der Waals surface area contributed by atoms with Crippen molar-refractivity contribution in [1.29, 1.82) is 0 Å². The lowest BCUT2D eigenvalue weighted by atomic mass is 10.0. The predicted molar refractivity (Wildman–Crippen MR) is 116 cm³/mol. The zero-order valence-electron chi connectivity index (χ0n) is 18.1. The number of rotatable bonds is 5. The number of aryl methyl sites for hydroxylation is 2. The summed E-state index contributed by atoms with van der Waals surface area (Å²) in [5.74, 6) is -1.58. The fourth-order valence-corrected chi connectivity index (χ4v) is 3.57. The van der Waals surface area contributed by atoms with Gasteiger partial charge in [0.25, 0.3) is 5.91 Å². The highest BCUT2D eigenvalue weighted by Crippen LogP contribution is 2.33. The summed E-state index contributed by atoms with van der Waals surface area (Å²) in [6.07, 6.45) is -2.14. The number of carbonyl (C=O) groups excluding carboxylic acids is 2. The molecule has 0 atom stereocenters. The third kappa shape index (κ3) is 4.58. The van der Waals surface area contributed by atoms with E-state index in [1.165, 1.54) is 17.3 Å². The topological polar surface area (TPSA) is 99.0 Å². The van der Waals surface area contributed by atoms with Crippen LogP contribution in [0.5, 0.6) is 0 Å². The van der Waals surface area contributed by atoms with Gasteiger partial charge in [-0.25, -0.2) is 14.5 Å². The maximum Gasteiger partial charge on any atom is 0.416 e. The molecule has 4 rings (SSSR count). The quantitative estimate of drug-likeness (QED) is 0.439. The molecule has 0 aliphatic rings. The maximum atomic E-state index is 13.2. The molecule has 0 saturated carbocycles. The van der Waals surface area contributed by atoms with Gasteiger partial charge in [-0.05, 0) is 43.7 Å². The Bertz CT molecular complexity index is 1380. The van der Waals surface area contributed by atoms with E-state index < -0.39 is 30.2 Å². The highest BCUT2D eigenvalue weighted by Gasteiger charge is 2.31. The zero-order chi connectivity index (χ0) is 24.5. The predicted octanol–water partition coefficient (Wildman–Crippen LogP) is 4.25. The number of fused-ring (bicyclic) bond motifs is 1. The van der Waals surface area contributed by atoms with E-state index in [4.69, 9.17) is 4.74 Å². The van der Waals surface area contributed by atoms with Crippen molar-refractivity contribution in [2.75, 3.05) is 11.9 Å². The minimum atomic E-state index is -4.62. The third-order valence-corrected chi connectivity index (χ3v) is 5.14. The molecule has 1 amide bonds. The first-order valence-corrected chi connectivity index (χ1v) is 10.0. The molecule has 0 aliphatic heterocycles. The molecule has 4 aromatic rings. The number of nitrogens with one attached hydrogen (secondary N) is 1. The summed E-state index contributed by atoms with van der Waals surface area (Å²) in [5, 5.41) is 7.01. The maximum absolute atomic E-state index is 13.2. The number of hydrogen-bond donors (Lipinski definition) is 1. The fourth-order valence-electron chi connectivity index (χ4n) is 3.57. The zero-order valence-corrected chi connectivity index (χ0v) is 18.1. The molecule has 174 valence electrons. The summed E-state index contributed by atoms with van der Waals surface area (Å²) < 4.78 is 45.9. The summed E-state index contributed by atoms with van der Waals surface area (Å²) in [6, 6.07) is 10.1. The summed E-state index contributed by atoms with van der Waals surface area (Å²) in [4.78, 5) is 33.4. The Kier molecular flexibility index (Phi) is 6.01. The molecule has 34 heavy (non-hydrogen) atoms. The van der Waals surface area contributed by atoms with E-state index in [0.717, 1.165) is 29.1 Å². The SMILES string of the molecule is Cc1nc2ccccc2c(C)c1C(=O)OCC(=O)Nc1cc(C(F)(F)F)ccc1-n1cncn1. The van der Waals surface area contributed by atoms with Crippen LogP contribution in [0.2, 0.25) is 0 Å². The van der Waals surface area contributed by atoms with Crippen LogP contribution in [0.25, 0.3) is 16.6 Å². The van der Waals surface area contributed by atoms with E-state index in [2.05, 4.69) is 20.4 Å². The van der Waals surface area contributed by atoms with Crippen LogP contribution < -0.4 is 5.32 Å². The molecule has 8 nitrogen and oxygen atoms in total. The standard InChI is InChI=1S/C23H18F3N5O3/c1-13-16-5-3-4-6-17(16)29-14(2)21(13)22(33)34-10-20(32)30-18-9-15(23(24,25)26)7-8-19(18)31-12-27-11-28-31/h3-9,11-12H,10H2,1-2H3,(H,30,32). The molecule has 0 fully saturated rings. The smallest absolute Gasteiger partial charge is 0.416 e. The minimum absolute atomic E-state index is 0.163. The van der Waals surface area contributed by atoms with Crippen molar-refractivity contribution in [3.8, 4) is 5.69 Å². The van der Waals surface area contributed by atoms with Gasteiger partial charge < -0.3 is 10.1 Å². The van der Waals surface area contributed by atoms with Gasteiger partial charge in [0.2, 0.25) is 0 Å². The van der Waals surface area contributed by atoms with Gasteiger partial charge in [-0.2, -0.15) is 18.3 Å². The van der Waals surface area contributed by atoms with Crippen LogP contribution in [0.15, 0.2) is 55.1 Å². The highest BCUT2D eigenvalue weighted by molar-refractivity contribution is 6.00. The first-order valence-electron chi connectivity index (χ1n) is 10.0. The number of pyridine rings is 1. The van der Waals surface area contributed by atoms with Crippen LogP contribution >= 0.6 is 0 Å². The van der Waals surface area contributed by atoms with Crippen LogP contribution in [0.1, 0.15) is 27.2 Å². The number of hydrogen-bond acceptors (Lipinski definition) is 6. The number of nitrogens with zero attached hydrogens (tertiary/aromatic N) is 4. The second kappa shape index (κ2) is 8.93. The number of ether oxygens (including phenoxy) is 1. The molecule has 0 spiro atoms. The molecule has 2 aromatic carbocycles. The van der Waals surface area contributed by atoms with Gasteiger partial charge in [-0.1, -0.05) is 18.2 Å². The first-order chi connectivity index (χ1) is 16.1. The van der Waals surface area contributed by atoms with E-state index in [0.29, 0.717) is 11.3 Å². The summed E-state index contributed by atoms with van der Waals surface area (Å²) in [7, 11) is 0. The van der Waals surface area contributed by atoms with E-state index in [1.54, 1.807) is 13.8 Å². The molecule has 0 unspecified atom stereocenters. The van der Waals surface area contributed by atoms with Gasteiger partial charge in [0, 0.05) is 5.39 Å². The van der Waals surface area contributed by atoms with Gasteiger partial charge >= 0.3 is 12.1 Å². The molecular weight excluding hydrogens is 451 g/mol. The summed E-state index contributed by atoms with van der Waals surface area (Å²) in [5.41, 5.74) is 1.08. The number of amides is 1. The Hall–Kier alpha value is -4.28. The Morgan fingerprint density at radius 2 is 1.88 bits per heavy atom.